The third-order valence-corrected chi connectivity index (χ3v) is 5.07. The molecule has 2 atom stereocenters. The first-order valence-electron chi connectivity index (χ1n) is 7.86. The summed E-state index contributed by atoms with van der Waals surface area (Å²) in [5.41, 5.74) is -0.0564. The van der Waals surface area contributed by atoms with Crippen molar-refractivity contribution in [3.63, 3.8) is 0 Å². The Kier molecular flexibility index (Phi) is 2.86. The molecule has 0 radical (unpaired) electrons. The average Bonchev–Trinajstić information content (AvgIpc) is 3.19. The van der Waals surface area contributed by atoms with E-state index in [0.29, 0.717) is 12.2 Å². The number of rotatable bonds is 1. The van der Waals surface area contributed by atoms with Crippen molar-refractivity contribution in [3.05, 3.63) is 30.3 Å². The smallest absolute Gasteiger partial charge is 0.245 e. The van der Waals surface area contributed by atoms with Gasteiger partial charge < -0.3 is 4.90 Å². The van der Waals surface area contributed by atoms with Gasteiger partial charge in [-0.3, -0.25) is 14.6 Å². The van der Waals surface area contributed by atoms with E-state index in [0.717, 1.165) is 31.8 Å². The molecule has 0 spiro atoms. The van der Waals surface area contributed by atoms with Crippen LogP contribution in [0, 0.1) is 11.3 Å². The van der Waals surface area contributed by atoms with Crippen LogP contribution in [0.25, 0.3) is 0 Å². The zero-order valence-corrected chi connectivity index (χ0v) is 12.7. The maximum absolute atomic E-state index is 13.0. The van der Waals surface area contributed by atoms with Crippen molar-refractivity contribution in [3.8, 4) is 0 Å². The first kappa shape index (κ1) is 13.5. The summed E-state index contributed by atoms with van der Waals surface area (Å²) in [6.45, 7) is 4.18. The number of amides is 2. The van der Waals surface area contributed by atoms with Gasteiger partial charge in [-0.05, 0) is 31.9 Å². The third-order valence-electron chi connectivity index (χ3n) is 5.07. The monoisotopic (exact) mass is 297 g/mol. The molecular weight excluding hydrogens is 278 g/mol. The summed E-state index contributed by atoms with van der Waals surface area (Å²) < 4.78 is 0. The molecular formula is C17H19N3O2. The average molecular weight is 297 g/mol. The zero-order chi connectivity index (χ0) is 15.3. The van der Waals surface area contributed by atoms with Crippen LogP contribution in [0.4, 0.5) is 5.69 Å². The van der Waals surface area contributed by atoms with Crippen LogP contribution in [0.1, 0.15) is 19.8 Å². The molecule has 0 aromatic heterocycles. The van der Waals surface area contributed by atoms with Crippen molar-refractivity contribution in [1.29, 1.82) is 0 Å². The minimum atomic E-state index is -0.717. The Labute approximate surface area is 129 Å². The van der Waals surface area contributed by atoms with E-state index in [-0.39, 0.29) is 11.8 Å². The van der Waals surface area contributed by atoms with Gasteiger partial charge in [-0.1, -0.05) is 18.2 Å². The number of hydrogen-bond acceptors (Lipinski definition) is 4. The van der Waals surface area contributed by atoms with E-state index >= 15 is 0 Å². The Hall–Kier alpha value is -2.17. The van der Waals surface area contributed by atoms with E-state index in [4.69, 9.17) is 0 Å². The predicted octanol–water partition coefficient (Wildman–Crippen LogP) is 1.69. The van der Waals surface area contributed by atoms with Gasteiger partial charge in [0.15, 0.2) is 0 Å². The zero-order valence-electron chi connectivity index (χ0n) is 12.7. The number of likely N-dealkylation sites (tertiary alicyclic amines) is 1. The number of hydrogen-bond donors (Lipinski definition) is 0. The summed E-state index contributed by atoms with van der Waals surface area (Å²) >= 11 is 0. The first-order valence-corrected chi connectivity index (χ1v) is 7.86. The Bertz CT molecular complexity index is 664. The van der Waals surface area contributed by atoms with Crippen LogP contribution in [0.3, 0.4) is 0 Å². The Morgan fingerprint density at radius 2 is 1.82 bits per heavy atom. The molecule has 2 unspecified atom stereocenters. The second-order valence-corrected chi connectivity index (χ2v) is 6.53. The Balaban J connectivity index is 1.72. The summed E-state index contributed by atoms with van der Waals surface area (Å²) in [6, 6.07) is 9.21. The lowest BCUT2D eigenvalue weighted by atomic mass is 9.80. The van der Waals surface area contributed by atoms with Crippen LogP contribution in [0.2, 0.25) is 0 Å². The van der Waals surface area contributed by atoms with E-state index in [1.807, 2.05) is 37.3 Å². The van der Waals surface area contributed by atoms with Crippen LogP contribution >= 0.6 is 0 Å². The lowest BCUT2D eigenvalue weighted by molar-refractivity contribution is -0.124. The fourth-order valence-electron chi connectivity index (χ4n) is 3.82. The van der Waals surface area contributed by atoms with Crippen molar-refractivity contribution < 1.29 is 9.59 Å². The topological polar surface area (TPSA) is 53.0 Å². The number of nitrogens with zero attached hydrogens (tertiary/aromatic N) is 3. The normalized spacial score (nSPS) is 31.0. The molecule has 0 aliphatic carbocycles. The molecule has 22 heavy (non-hydrogen) atoms. The number of aliphatic imine (C=N–C) groups is 1. The van der Waals surface area contributed by atoms with Gasteiger partial charge in [0.1, 0.15) is 11.8 Å². The minimum Gasteiger partial charge on any atom is -0.360 e. The number of benzene rings is 1. The second kappa shape index (κ2) is 4.66. The molecule has 1 aromatic carbocycles. The predicted molar refractivity (Wildman–Crippen MR) is 83.6 cm³/mol. The molecule has 1 aromatic rings. The van der Waals surface area contributed by atoms with E-state index in [1.54, 1.807) is 0 Å². The van der Waals surface area contributed by atoms with Gasteiger partial charge in [0.2, 0.25) is 11.8 Å². The number of para-hydroxylation sites is 1. The van der Waals surface area contributed by atoms with Crippen LogP contribution in [-0.2, 0) is 9.59 Å². The van der Waals surface area contributed by atoms with Crippen LogP contribution in [0.15, 0.2) is 35.3 Å². The SMILES string of the molecule is CC12CN=C(N3CCCC3)C1C(=O)N(c1ccccc1)C2=O. The number of anilines is 1. The van der Waals surface area contributed by atoms with Gasteiger partial charge in [-0.15, -0.1) is 0 Å². The first-order chi connectivity index (χ1) is 10.6. The van der Waals surface area contributed by atoms with Crippen LogP contribution in [-0.4, -0.2) is 42.2 Å². The van der Waals surface area contributed by atoms with Gasteiger partial charge in [0, 0.05) is 13.1 Å². The third kappa shape index (κ3) is 1.68. The quantitative estimate of drug-likeness (QED) is 0.741. The molecule has 5 heteroatoms. The summed E-state index contributed by atoms with van der Waals surface area (Å²) in [6.07, 6.45) is 2.26. The molecule has 3 aliphatic rings. The number of fused-ring (bicyclic) bond motifs is 1. The van der Waals surface area contributed by atoms with E-state index < -0.39 is 11.3 Å². The molecule has 2 saturated heterocycles. The van der Waals surface area contributed by atoms with Gasteiger partial charge in [-0.25, -0.2) is 4.90 Å². The molecule has 4 rings (SSSR count). The summed E-state index contributed by atoms with van der Waals surface area (Å²) in [7, 11) is 0. The fraction of sp³-hybridized carbons (Fsp3) is 0.471. The van der Waals surface area contributed by atoms with E-state index in [9.17, 15) is 9.59 Å². The minimum absolute atomic E-state index is 0.119. The summed E-state index contributed by atoms with van der Waals surface area (Å²) in [4.78, 5) is 34.0. The largest absolute Gasteiger partial charge is 0.360 e. The lowest BCUT2D eigenvalue weighted by Crippen LogP contribution is -2.40. The molecule has 0 N–H and O–H groups in total. The standard InChI is InChI=1S/C17H19N3O2/c1-17-11-18-14(19-9-5-6-10-19)13(17)15(21)20(16(17)22)12-7-3-2-4-8-12/h2-4,7-8,13H,5-6,9-11H2,1H3. The molecule has 114 valence electrons. The van der Waals surface area contributed by atoms with Crippen molar-refractivity contribution >= 4 is 23.3 Å². The van der Waals surface area contributed by atoms with Crippen LogP contribution in [0.5, 0.6) is 0 Å². The molecule has 0 bridgehead atoms. The Morgan fingerprint density at radius 1 is 1.14 bits per heavy atom. The molecule has 0 saturated carbocycles. The van der Waals surface area contributed by atoms with E-state index in [2.05, 4.69) is 9.89 Å². The highest BCUT2D eigenvalue weighted by molar-refractivity contribution is 6.30. The molecule has 2 fully saturated rings. The van der Waals surface area contributed by atoms with Crippen molar-refractivity contribution in [2.24, 2.45) is 16.3 Å². The number of carbonyl (C=O) groups excluding carboxylic acids is 2. The molecule has 5 nitrogen and oxygen atoms in total. The highest BCUT2D eigenvalue weighted by Crippen LogP contribution is 2.45. The van der Waals surface area contributed by atoms with Crippen molar-refractivity contribution in [2.75, 3.05) is 24.5 Å². The van der Waals surface area contributed by atoms with Crippen LogP contribution < -0.4 is 4.90 Å². The van der Waals surface area contributed by atoms with Gasteiger partial charge >= 0.3 is 0 Å². The summed E-state index contributed by atoms with van der Waals surface area (Å²) in [5, 5.41) is 0. The Morgan fingerprint density at radius 3 is 2.50 bits per heavy atom. The van der Waals surface area contributed by atoms with Crippen molar-refractivity contribution in [1.82, 2.24) is 4.90 Å². The summed E-state index contributed by atoms with van der Waals surface area (Å²) in [5.74, 6) is 0.170. The fourth-order valence-corrected chi connectivity index (χ4v) is 3.82. The highest BCUT2D eigenvalue weighted by atomic mass is 16.2. The number of carbonyl (C=O) groups is 2. The van der Waals surface area contributed by atoms with Gasteiger partial charge in [0.25, 0.3) is 0 Å². The second-order valence-electron chi connectivity index (χ2n) is 6.53. The highest BCUT2D eigenvalue weighted by Gasteiger charge is 2.62. The number of amidine groups is 1. The maximum atomic E-state index is 13.0. The van der Waals surface area contributed by atoms with Gasteiger partial charge in [0.05, 0.1) is 17.6 Å². The lowest BCUT2D eigenvalue weighted by Gasteiger charge is -2.24. The molecule has 2 amide bonds. The van der Waals surface area contributed by atoms with E-state index in [1.165, 1.54) is 4.90 Å². The van der Waals surface area contributed by atoms with Crippen molar-refractivity contribution in [2.45, 2.75) is 19.8 Å². The maximum Gasteiger partial charge on any atom is 0.245 e. The van der Waals surface area contributed by atoms with Gasteiger partial charge in [-0.2, -0.15) is 0 Å². The number of imide groups is 1. The molecule has 3 aliphatic heterocycles. The molecule has 3 heterocycles.